The molecule has 0 unspecified atom stereocenters. The van der Waals surface area contributed by atoms with E-state index in [2.05, 4.69) is 9.94 Å². The summed E-state index contributed by atoms with van der Waals surface area (Å²) in [6, 6.07) is 4.92. The molecule has 2 N–H and O–H groups in total. The first-order chi connectivity index (χ1) is 8.45. The van der Waals surface area contributed by atoms with Gasteiger partial charge in [-0.25, -0.2) is 9.53 Å². The van der Waals surface area contributed by atoms with Crippen LogP contribution in [0.3, 0.4) is 0 Å². The number of hydrogen-bond donors (Lipinski definition) is 1. The van der Waals surface area contributed by atoms with E-state index in [1.807, 2.05) is 0 Å². The standard InChI is InChI=1S/C11H7F3N4/c1-16-8-6-17-18(10(8)15)9-5-3-2-4-7(9)11(12,13)14/h2-6H,15H2. The summed E-state index contributed by atoms with van der Waals surface area (Å²) < 4.78 is 39.3. The fourth-order valence-electron chi connectivity index (χ4n) is 1.53. The largest absolute Gasteiger partial charge is 0.418 e. The average molecular weight is 252 g/mol. The van der Waals surface area contributed by atoms with Gasteiger partial charge in [0, 0.05) is 0 Å². The monoisotopic (exact) mass is 252 g/mol. The lowest BCUT2D eigenvalue weighted by atomic mass is 10.1. The Bertz CT molecular complexity index is 622. The summed E-state index contributed by atoms with van der Waals surface area (Å²) in [5, 5.41) is 3.71. The van der Waals surface area contributed by atoms with E-state index >= 15 is 0 Å². The molecule has 2 rings (SSSR count). The van der Waals surface area contributed by atoms with Crippen molar-refractivity contribution >= 4 is 11.5 Å². The van der Waals surface area contributed by atoms with Crippen LogP contribution < -0.4 is 5.73 Å². The lowest BCUT2D eigenvalue weighted by Crippen LogP contribution is -2.12. The van der Waals surface area contributed by atoms with Crippen LogP contribution in [0.15, 0.2) is 30.5 Å². The third-order valence-corrected chi connectivity index (χ3v) is 2.34. The maximum Gasteiger partial charge on any atom is 0.418 e. The summed E-state index contributed by atoms with van der Waals surface area (Å²) in [5.74, 6) is -0.110. The molecule has 0 saturated carbocycles. The number of benzene rings is 1. The smallest absolute Gasteiger partial charge is 0.392 e. The van der Waals surface area contributed by atoms with Crippen molar-refractivity contribution in [1.82, 2.24) is 9.78 Å². The van der Waals surface area contributed by atoms with Crippen molar-refractivity contribution in [1.29, 1.82) is 0 Å². The molecule has 92 valence electrons. The molecule has 0 amide bonds. The first-order valence-electron chi connectivity index (χ1n) is 4.82. The van der Waals surface area contributed by atoms with Gasteiger partial charge in [0.1, 0.15) is 5.82 Å². The van der Waals surface area contributed by atoms with E-state index in [1.54, 1.807) is 0 Å². The molecule has 0 bridgehead atoms. The maximum atomic E-state index is 12.8. The van der Waals surface area contributed by atoms with Gasteiger partial charge in [0.15, 0.2) is 0 Å². The van der Waals surface area contributed by atoms with Gasteiger partial charge >= 0.3 is 6.18 Å². The number of alkyl halides is 3. The predicted molar refractivity (Wildman–Crippen MR) is 59.2 cm³/mol. The molecule has 0 aliphatic carbocycles. The van der Waals surface area contributed by atoms with E-state index < -0.39 is 11.7 Å². The lowest BCUT2D eigenvalue weighted by molar-refractivity contribution is -0.137. The number of hydrogen-bond acceptors (Lipinski definition) is 2. The van der Waals surface area contributed by atoms with Gasteiger partial charge in [0.25, 0.3) is 0 Å². The van der Waals surface area contributed by atoms with Crippen LogP contribution in [-0.4, -0.2) is 9.78 Å². The van der Waals surface area contributed by atoms with Crippen LogP contribution in [-0.2, 0) is 6.18 Å². The number of para-hydroxylation sites is 1. The van der Waals surface area contributed by atoms with Gasteiger partial charge < -0.3 is 5.73 Å². The van der Waals surface area contributed by atoms with Crippen LogP contribution in [0.25, 0.3) is 10.5 Å². The second-order valence-electron chi connectivity index (χ2n) is 3.45. The molecular weight excluding hydrogens is 245 g/mol. The fourth-order valence-corrected chi connectivity index (χ4v) is 1.53. The topological polar surface area (TPSA) is 48.2 Å². The Balaban J connectivity index is 2.65. The van der Waals surface area contributed by atoms with Crippen LogP contribution in [0.2, 0.25) is 0 Å². The molecule has 0 fully saturated rings. The Morgan fingerprint density at radius 1 is 1.28 bits per heavy atom. The molecule has 1 aromatic carbocycles. The minimum absolute atomic E-state index is 0.0203. The highest BCUT2D eigenvalue weighted by Crippen LogP contribution is 2.35. The van der Waals surface area contributed by atoms with Crippen molar-refractivity contribution in [3.63, 3.8) is 0 Å². The van der Waals surface area contributed by atoms with Gasteiger partial charge in [-0.3, -0.25) is 0 Å². The number of anilines is 1. The van der Waals surface area contributed by atoms with E-state index in [-0.39, 0.29) is 17.2 Å². The quantitative estimate of drug-likeness (QED) is 0.793. The first-order valence-corrected chi connectivity index (χ1v) is 4.82. The lowest BCUT2D eigenvalue weighted by Gasteiger charge is -2.13. The zero-order valence-corrected chi connectivity index (χ0v) is 8.94. The number of halogens is 3. The van der Waals surface area contributed by atoms with Crippen molar-refractivity contribution in [3.8, 4) is 5.69 Å². The minimum Gasteiger partial charge on any atom is -0.392 e. The summed E-state index contributed by atoms with van der Waals surface area (Å²) in [6.07, 6.45) is -3.37. The summed E-state index contributed by atoms with van der Waals surface area (Å²) in [6.45, 7) is 6.81. The van der Waals surface area contributed by atoms with Gasteiger partial charge in [-0.2, -0.15) is 18.3 Å². The molecule has 0 aliphatic rings. The Hall–Kier alpha value is -2.49. The van der Waals surface area contributed by atoms with Crippen molar-refractivity contribution in [3.05, 3.63) is 47.4 Å². The van der Waals surface area contributed by atoms with Crippen molar-refractivity contribution in [2.75, 3.05) is 5.73 Å². The van der Waals surface area contributed by atoms with E-state index in [0.717, 1.165) is 16.9 Å². The van der Waals surface area contributed by atoms with Crippen LogP contribution in [0.1, 0.15) is 5.56 Å². The molecule has 0 spiro atoms. The van der Waals surface area contributed by atoms with Crippen molar-refractivity contribution < 1.29 is 13.2 Å². The third kappa shape index (κ3) is 1.88. The number of rotatable bonds is 1. The maximum absolute atomic E-state index is 12.8. The minimum atomic E-state index is -4.51. The Morgan fingerprint density at radius 2 is 1.94 bits per heavy atom. The number of nitrogens with zero attached hydrogens (tertiary/aromatic N) is 3. The zero-order valence-electron chi connectivity index (χ0n) is 8.94. The van der Waals surface area contributed by atoms with Gasteiger partial charge in [-0.15, -0.1) is 0 Å². The Labute approximate surface area is 100 Å². The molecular formula is C11H7F3N4. The number of nitrogen functional groups attached to an aromatic ring is 1. The first kappa shape index (κ1) is 12.0. The van der Waals surface area contributed by atoms with Crippen LogP contribution in [0.4, 0.5) is 24.7 Å². The Morgan fingerprint density at radius 3 is 2.50 bits per heavy atom. The molecule has 7 heteroatoms. The zero-order chi connectivity index (χ0) is 13.3. The van der Waals surface area contributed by atoms with Gasteiger partial charge in [0.2, 0.25) is 5.69 Å². The van der Waals surface area contributed by atoms with E-state index in [0.29, 0.717) is 0 Å². The predicted octanol–water partition coefficient (Wildman–Crippen LogP) is 3.02. The van der Waals surface area contributed by atoms with Gasteiger partial charge in [-0.05, 0) is 12.1 Å². The molecule has 0 radical (unpaired) electrons. The molecule has 0 saturated heterocycles. The second kappa shape index (κ2) is 4.07. The van der Waals surface area contributed by atoms with Crippen LogP contribution in [0, 0.1) is 6.57 Å². The Kier molecular flexibility index (Phi) is 2.71. The van der Waals surface area contributed by atoms with E-state index in [4.69, 9.17) is 12.3 Å². The summed E-state index contributed by atoms with van der Waals surface area (Å²) in [7, 11) is 0. The normalized spacial score (nSPS) is 11.2. The van der Waals surface area contributed by atoms with Crippen molar-refractivity contribution in [2.45, 2.75) is 6.18 Å². The molecule has 0 aliphatic heterocycles. The number of aromatic nitrogens is 2. The SMILES string of the molecule is [C-]#[N+]c1cnn(-c2ccccc2C(F)(F)F)c1N. The van der Waals surface area contributed by atoms with E-state index in [9.17, 15) is 13.2 Å². The summed E-state index contributed by atoms with van der Waals surface area (Å²) in [4.78, 5) is 3.07. The molecule has 2 aromatic rings. The summed E-state index contributed by atoms with van der Waals surface area (Å²) in [5.41, 5.74) is 4.55. The highest BCUT2D eigenvalue weighted by molar-refractivity contribution is 5.65. The van der Waals surface area contributed by atoms with Gasteiger partial charge in [0.05, 0.1) is 24.0 Å². The molecule has 1 aromatic heterocycles. The highest BCUT2D eigenvalue weighted by atomic mass is 19.4. The number of nitrogens with two attached hydrogens (primary N) is 1. The van der Waals surface area contributed by atoms with Crippen molar-refractivity contribution in [2.24, 2.45) is 0 Å². The average Bonchev–Trinajstić information content (AvgIpc) is 2.69. The summed E-state index contributed by atoms with van der Waals surface area (Å²) >= 11 is 0. The molecule has 18 heavy (non-hydrogen) atoms. The third-order valence-electron chi connectivity index (χ3n) is 2.34. The molecule has 4 nitrogen and oxygen atoms in total. The highest BCUT2D eigenvalue weighted by Gasteiger charge is 2.34. The molecule has 0 atom stereocenters. The fraction of sp³-hybridized carbons (Fsp3) is 0.0909. The van der Waals surface area contributed by atoms with Crippen LogP contribution >= 0.6 is 0 Å². The van der Waals surface area contributed by atoms with Crippen LogP contribution in [0.5, 0.6) is 0 Å². The van der Waals surface area contributed by atoms with Gasteiger partial charge in [-0.1, -0.05) is 12.1 Å². The molecule has 1 heterocycles. The van der Waals surface area contributed by atoms with E-state index in [1.165, 1.54) is 18.2 Å². The second-order valence-corrected chi connectivity index (χ2v) is 3.45.